The van der Waals surface area contributed by atoms with Gasteiger partial charge in [0.05, 0.1) is 12.2 Å². The lowest BCUT2D eigenvalue weighted by atomic mass is 9.93. The summed E-state index contributed by atoms with van der Waals surface area (Å²) in [6.07, 6.45) is 0. The van der Waals surface area contributed by atoms with E-state index in [-0.39, 0.29) is 12.2 Å². The van der Waals surface area contributed by atoms with Crippen LogP contribution in [0.2, 0.25) is 0 Å². The molecule has 0 spiro atoms. The SMILES string of the molecule is O=C(O)c1cccc(C#Cc2ccccc2)c1-c1ccc(CO)cc1. The first-order chi connectivity index (χ1) is 12.2. The van der Waals surface area contributed by atoms with E-state index < -0.39 is 5.97 Å². The minimum absolute atomic E-state index is 0.0540. The fraction of sp³-hybridized carbons (Fsp3) is 0.0455. The van der Waals surface area contributed by atoms with Crippen LogP contribution in [0.5, 0.6) is 0 Å². The smallest absolute Gasteiger partial charge is 0.336 e. The number of benzene rings is 3. The van der Waals surface area contributed by atoms with Gasteiger partial charge >= 0.3 is 5.97 Å². The number of aliphatic hydroxyl groups excluding tert-OH is 1. The van der Waals surface area contributed by atoms with Crippen LogP contribution in [0.15, 0.2) is 72.8 Å². The largest absolute Gasteiger partial charge is 0.478 e. The van der Waals surface area contributed by atoms with Crippen molar-refractivity contribution in [2.24, 2.45) is 0 Å². The highest BCUT2D eigenvalue weighted by atomic mass is 16.4. The van der Waals surface area contributed by atoms with Gasteiger partial charge in [-0.3, -0.25) is 0 Å². The molecule has 3 aromatic rings. The topological polar surface area (TPSA) is 57.5 Å². The number of hydrogen-bond donors (Lipinski definition) is 2. The Morgan fingerprint density at radius 2 is 1.56 bits per heavy atom. The van der Waals surface area contributed by atoms with E-state index in [4.69, 9.17) is 0 Å². The highest BCUT2D eigenvalue weighted by Crippen LogP contribution is 2.28. The van der Waals surface area contributed by atoms with Crippen molar-refractivity contribution in [1.29, 1.82) is 0 Å². The third-order valence-electron chi connectivity index (χ3n) is 3.84. The molecule has 3 nitrogen and oxygen atoms in total. The van der Waals surface area contributed by atoms with Crippen LogP contribution < -0.4 is 0 Å². The molecule has 0 atom stereocenters. The van der Waals surface area contributed by atoms with Crippen LogP contribution in [-0.2, 0) is 6.61 Å². The Bertz CT molecular complexity index is 946. The molecule has 0 bridgehead atoms. The Hall–Kier alpha value is -3.35. The Kier molecular flexibility index (Phi) is 4.94. The van der Waals surface area contributed by atoms with Crippen LogP contribution in [0, 0.1) is 11.8 Å². The molecule has 122 valence electrons. The number of aliphatic hydroxyl groups is 1. The predicted molar refractivity (Wildman–Crippen MR) is 97.2 cm³/mol. The Morgan fingerprint density at radius 3 is 2.20 bits per heavy atom. The average molecular weight is 328 g/mol. The van der Waals surface area contributed by atoms with E-state index in [0.717, 1.165) is 16.7 Å². The molecule has 0 aliphatic rings. The van der Waals surface area contributed by atoms with Crippen molar-refractivity contribution in [3.05, 3.63) is 95.1 Å². The molecule has 0 heterocycles. The van der Waals surface area contributed by atoms with E-state index in [9.17, 15) is 15.0 Å². The van der Waals surface area contributed by atoms with Crippen LogP contribution in [0.4, 0.5) is 0 Å². The van der Waals surface area contributed by atoms with Crippen molar-refractivity contribution in [3.63, 3.8) is 0 Å². The molecule has 3 heteroatoms. The third-order valence-corrected chi connectivity index (χ3v) is 3.84. The van der Waals surface area contributed by atoms with Gasteiger partial charge in [0.15, 0.2) is 0 Å². The number of carboxylic acids is 1. The summed E-state index contributed by atoms with van der Waals surface area (Å²) in [4.78, 5) is 11.7. The van der Waals surface area contributed by atoms with Crippen LogP contribution in [-0.4, -0.2) is 16.2 Å². The second-order valence-corrected chi connectivity index (χ2v) is 5.50. The van der Waals surface area contributed by atoms with E-state index in [1.54, 1.807) is 36.4 Å². The third kappa shape index (κ3) is 3.77. The maximum Gasteiger partial charge on any atom is 0.336 e. The van der Waals surface area contributed by atoms with Crippen LogP contribution in [0.3, 0.4) is 0 Å². The number of carboxylic acid groups (broad SMARTS) is 1. The van der Waals surface area contributed by atoms with Crippen molar-refractivity contribution < 1.29 is 15.0 Å². The summed E-state index contributed by atoms with van der Waals surface area (Å²) in [5.41, 5.74) is 3.84. The molecular formula is C22H16O3. The van der Waals surface area contributed by atoms with Crippen LogP contribution in [0.1, 0.15) is 27.0 Å². The maximum absolute atomic E-state index is 11.7. The van der Waals surface area contributed by atoms with E-state index in [0.29, 0.717) is 11.1 Å². The first kappa shape index (κ1) is 16.5. The average Bonchev–Trinajstić information content (AvgIpc) is 2.67. The highest BCUT2D eigenvalue weighted by Gasteiger charge is 2.15. The summed E-state index contributed by atoms with van der Waals surface area (Å²) in [6, 6.07) is 21.8. The normalized spacial score (nSPS) is 9.96. The van der Waals surface area contributed by atoms with E-state index in [1.807, 2.05) is 36.4 Å². The minimum atomic E-state index is -0.996. The minimum Gasteiger partial charge on any atom is -0.478 e. The molecule has 2 N–H and O–H groups in total. The molecule has 0 radical (unpaired) electrons. The number of rotatable bonds is 3. The van der Waals surface area contributed by atoms with Gasteiger partial charge in [0.25, 0.3) is 0 Å². The summed E-state index contributed by atoms with van der Waals surface area (Å²) in [5.74, 6) is 5.17. The number of hydrogen-bond acceptors (Lipinski definition) is 2. The molecule has 25 heavy (non-hydrogen) atoms. The monoisotopic (exact) mass is 328 g/mol. The van der Waals surface area contributed by atoms with Gasteiger partial charge in [0.2, 0.25) is 0 Å². The van der Waals surface area contributed by atoms with Crippen molar-refractivity contribution in [2.45, 2.75) is 6.61 Å². The highest BCUT2D eigenvalue weighted by molar-refractivity contribution is 5.97. The van der Waals surface area contributed by atoms with Gasteiger partial charge in [-0.15, -0.1) is 0 Å². The Balaban J connectivity index is 2.14. The van der Waals surface area contributed by atoms with Gasteiger partial charge in [0, 0.05) is 16.7 Å². The molecule has 0 saturated heterocycles. The van der Waals surface area contributed by atoms with Gasteiger partial charge in [-0.1, -0.05) is 60.4 Å². The summed E-state index contributed by atoms with van der Waals surface area (Å²) < 4.78 is 0. The Morgan fingerprint density at radius 1 is 0.840 bits per heavy atom. The summed E-state index contributed by atoms with van der Waals surface area (Å²) in [7, 11) is 0. The van der Waals surface area contributed by atoms with Gasteiger partial charge in [-0.25, -0.2) is 4.79 Å². The first-order valence-electron chi connectivity index (χ1n) is 7.82. The second kappa shape index (κ2) is 7.48. The van der Waals surface area contributed by atoms with Gasteiger partial charge in [-0.05, 0) is 35.4 Å². The predicted octanol–water partition coefficient (Wildman–Crippen LogP) is 3.94. The van der Waals surface area contributed by atoms with Gasteiger partial charge < -0.3 is 10.2 Å². The standard InChI is InChI=1S/C22H16O3/c23-15-17-10-13-19(14-11-17)21-18(7-4-8-20(21)22(24)25)12-9-16-5-2-1-3-6-16/h1-8,10-11,13-14,23H,15H2,(H,24,25). The van der Waals surface area contributed by atoms with Crippen molar-refractivity contribution in [2.75, 3.05) is 0 Å². The molecule has 0 saturated carbocycles. The quantitative estimate of drug-likeness (QED) is 0.716. The molecule has 0 amide bonds. The number of carbonyl (C=O) groups is 1. The van der Waals surface area contributed by atoms with E-state index >= 15 is 0 Å². The first-order valence-corrected chi connectivity index (χ1v) is 7.82. The van der Waals surface area contributed by atoms with Crippen LogP contribution in [0.25, 0.3) is 11.1 Å². The van der Waals surface area contributed by atoms with Crippen molar-refractivity contribution in [1.82, 2.24) is 0 Å². The molecule has 0 aromatic heterocycles. The lowest BCUT2D eigenvalue weighted by Crippen LogP contribution is -2.01. The lowest BCUT2D eigenvalue weighted by molar-refractivity contribution is 0.0697. The Labute approximate surface area is 146 Å². The zero-order valence-corrected chi connectivity index (χ0v) is 13.4. The number of aromatic carboxylic acids is 1. The molecular weight excluding hydrogens is 312 g/mol. The maximum atomic E-state index is 11.7. The van der Waals surface area contributed by atoms with Gasteiger partial charge in [0.1, 0.15) is 0 Å². The summed E-state index contributed by atoms with van der Waals surface area (Å²) in [6.45, 7) is -0.0540. The summed E-state index contributed by atoms with van der Waals surface area (Å²) >= 11 is 0. The summed E-state index contributed by atoms with van der Waals surface area (Å²) in [5, 5.41) is 18.7. The van der Waals surface area contributed by atoms with Crippen LogP contribution >= 0.6 is 0 Å². The molecule has 3 aromatic carbocycles. The molecule has 3 rings (SSSR count). The molecule has 0 aliphatic heterocycles. The molecule has 0 aliphatic carbocycles. The van der Waals surface area contributed by atoms with Crippen molar-refractivity contribution in [3.8, 4) is 23.0 Å². The fourth-order valence-electron chi connectivity index (χ4n) is 2.58. The lowest BCUT2D eigenvalue weighted by Gasteiger charge is -2.10. The fourth-order valence-corrected chi connectivity index (χ4v) is 2.58. The van der Waals surface area contributed by atoms with E-state index in [2.05, 4.69) is 11.8 Å². The molecule has 0 unspecified atom stereocenters. The van der Waals surface area contributed by atoms with Crippen molar-refractivity contribution >= 4 is 5.97 Å². The van der Waals surface area contributed by atoms with E-state index in [1.165, 1.54) is 0 Å². The zero-order valence-electron chi connectivity index (χ0n) is 13.4. The second-order valence-electron chi connectivity index (χ2n) is 5.50. The zero-order chi connectivity index (χ0) is 17.6. The molecule has 0 fully saturated rings. The van der Waals surface area contributed by atoms with Gasteiger partial charge in [-0.2, -0.15) is 0 Å².